The third kappa shape index (κ3) is 11.0. The van der Waals surface area contributed by atoms with E-state index in [0.29, 0.717) is 6.42 Å². The lowest BCUT2D eigenvalue weighted by molar-refractivity contribution is -0.161. The van der Waals surface area contributed by atoms with Crippen molar-refractivity contribution >= 4 is 22.8 Å². The maximum atomic E-state index is 11.7. The van der Waals surface area contributed by atoms with Gasteiger partial charge in [0.15, 0.2) is 5.60 Å². The van der Waals surface area contributed by atoms with Gasteiger partial charge in [0.05, 0.1) is 0 Å². The van der Waals surface area contributed by atoms with Crippen LogP contribution in [0, 0.1) is 5.92 Å². The molecule has 0 saturated heterocycles. The number of allylic oxidation sites excluding steroid dienone is 2. The van der Waals surface area contributed by atoms with Gasteiger partial charge in [-0.25, -0.2) is 0 Å². The number of esters is 1. The van der Waals surface area contributed by atoms with Crippen molar-refractivity contribution in [3.8, 4) is 0 Å². The van der Waals surface area contributed by atoms with Gasteiger partial charge in [0, 0.05) is 6.42 Å². The largest absolute Gasteiger partial charge is 0.450 e. The summed E-state index contributed by atoms with van der Waals surface area (Å²) < 4.78 is 5.10. The molecule has 0 aliphatic heterocycles. The second-order valence-electron chi connectivity index (χ2n) is 8.10. The predicted octanol–water partition coefficient (Wildman–Crippen LogP) is 6.72. The molecule has 0 aromatic rings. The molecule has 3 nitrogen and oxygen atoms in total. The SMILES string of the molecule is CC(C)(OC(=O)CCCCCCCCCCCC[C@@H]1C=CCC1)C(=O)Cl. The van der Waals surface area contributed by atoms with E-state index in [0.717, 1.165) is 18.8 Å². The summed E-state index contributed by atoms with van der Waals surface area (Å²) in [4.78, 5) is 22.8. The van der Waals surface area contributed by atoms with Gasteiger partial charge < -0.3 is 4.74 Å². The van der Waals surface area contributed by atoms with E-state index in [1.165, 1.54) is 84.5 Å². The number of unbranched alkanes of at least 4 members (excludes halogenated alkanes) is 9. The van der Waals surface area contributed by atoms with Crippen molar-refractivity contribution in [1.29, 1.82) is 0 Å². The van der Waals surface area contributed by atoms with Crippen molar-refractivity contribution in [2.45, 2.75) is 109 Å². The van der Waals surface area contributed by atoms with Crippen LogP contribution in [0.2, 0.25) is 0 Å². The highest BCUT2D eigenvalue weighted by atomic mass is 35.5. The van der Waals surface area contributed by atoms with Gasteiger partial charge in [-0.05, 0) is 57.0 Å². The van der Waals surface area contributed by atoms with E-state index < -0.39 is 10.8 Å². The first-order chi connectivity index (χ1) is 12.4. The summed E-state index contributed by atoms with van der Waals surface area (Å²) in [6.45, 7) is 3.04. The number of halogens is 1. The van der Waals surface area contributed by atoms with Gasteiger partial charge in [-0.1, -0.05) is 69.9 Å². The summed E-state index contributed by atoms with van der Waals surface area (Å²) in [6.07, 6.45) is 21.5. The standard InChI is InChI=1S/C22H37ClO3/c1-22(2,21(23)25)26-20(24)18-12-10-8-6-4-3-5-7-9-11-15-19-16-13-14-17-19/h13,16,19H,3-12,14-15,17-18H2,1-2H3/t19-/m1/s1. The van der Waals surface area contributed by atoms with Gasteiger partial charge >= 0.3 is 5.97 Å². The molecule has 0 fully saturated rings. The number of carbonyl (C=O) groups excluding carboxylic acids is 2. The van der Waals surface area contributed by atoms with Crippen molar-refractivity contribution in [2.75, 3.05) is 0 Å². The molecule has 0 radical (unpaired) electrons. The van der Waals surface area contributed by atoms with Crippen LogP contribution >= 0.6 is 11.6 Å². The predicted molar refractivity (Wildman–Crippen MR) is 108 cm³/mol. The van der Waals surface area contributed by atoms with Gasteiger partial charge in [-0.2, -0.15) is 0 Å². The molecular formula is C22H37ClO3. The summed E-state index contributed by atoms with van der Waals surface area (Å²) in [6, 6.07) is 0. The minimum Gasteiger partial charge on any atom is -0.450 e. The van der Waals surface area contributed by atoms with Crippen molar-refractivity contribution in [1.82, 2.24) is 0 Å². The molecule has 0 amide bonds. The second kappa shape index (κ2) is 13.4. The Morgan fingerprint density at radius 2 is 1.50 bits per heavy atom. The topological polar surface area (TPSA) is 43.4 Å². The van der Waals surface area contributed by atoms with E-state index in [2.05, 4.69) is 12.2 Å². The first-order valence-electron chi connectivity index (χ1n) is 10.5. The summed E-state index contributed by atoms with van der Waals surface area (Å²) >= 11 is 5.40. The summed E-state index contributed by atoms with van der Waals surface area (Å²) in [5, 5.41) is -0.638. The van der Waals surface area contributed by atoms with Crippen LogP contribution in [0.15, 0.2) is 12.2 Å². The van der Waals surface area contributed by atoms with Crippen LogP contribution in [-0.4, -0.2) is 16.8 Å². The third-order valence-corrected chi connectivity index (χ3v) is 5.62. The molecule has 0 N–H and O–H groups in total. The Balaban J connectivity index is 1.82. The highest BCUT2D eigenvalue weighted by Crippen LogP contribution is 2.23. The molecule has 1 aliphatic rings. The Labute approximate surface area is 164 Å². The van der Waals surface area contributed by atoms with Gasteiger partial charge in [0.2, 0.25) is 0 Å². The molecular weight excluding hydrogens is 348 g/mol. The van der Waals surface area contributed by atoms with E-state index in [1.807, 2.05) is 0 Å². The van der Waals surface area contributed by atoms with Crippen LogP contribution in [0.4, 0.5) is 0 Å². The van der Waals surface area contributed by atoms with Crippen LogP contribution < -0.4 is 0 Å². The van der Waals surface area contributed by atoms with Crippen molar-refractivity contribution in [2.24, 2.45) is 5.92 Å². The van der Waals surface area contributed by atoms with Gasteiger partial charge in [-0.3, -0.25) is 9.59 Å². The molecule has 26 heavy (non-hydrogen) atoms. The third-order valence-electron chi connectivity index (χ3n) is 5.16. The number of hydrogen-bond acceptors (Lipinski definition) is 3. The molecule has 0 heterocycles. The van der Waals surface area contributed by atoms with Crippen molar-refractivity contribution in [3.05, 3.63) is 12.2 Å². The average Bonchev–Trinajstić information content (AvgIpc) is 3.08. The lowest BCUT2D eigenvalue weighted by Gasteiger charge is -2.20. The molecule has 0 unspecified atom stereocenters. The monoisotopic (exact) mass is 384 g/mol. The minimum atomic E-state index is -1.22. The Hall–Kier alpha value is -0.830. The quantitative estimate of drug-likeness (QED) is 0.136. The molecule has 1 rings (SSSR count). The zero-order valence-corrected chi connectivity index (χ0v) is 17.5. The molecule has 1 aliphatic carbocycles. The van der Waals surface area contributed by atoms with Gasteiger partial charge in [-0.15, -0.1) is 0 Å². The Morgan fingerprint density at radius 1 is 0.962 bits per heavy atom. The molecule has 4 heteroatoms. The fraction of sp³-hybridized carbons (Fsp3) is 0.818. The Morgan fingerprint density at radius 3 is 2.00 bits per heavy atom. The van der Waals surface area contributed by atoms with Crippen LogP contribution in [0.3, 0.4) is 0 Å². The molecule has 0 spiro atoms. The van der Waals surface area contributed by atoms with E-state index in [-0.39, 0.29) is 5.97 Å². The number of carbonyl (C=O) groups is 2. The fourth-order valence-corrected chi connectivity index (χ4v) is 3.44. The number of hydrogen-bond donors (Lipinski definition) is 0. The van der Waals surface area contributed by atoms with Gasteiger partial charge in [0.1, 0.15) is 0 Å². The zero-order chi connectivity index (χ0) is 19.3. The molecule has 1 atom stereocenters. The lowest BCUT2D eigenvalue weighted by Crippen LogP contribution is -2.34. The van der Waals surface area contributed by atoms with Crippen molar-refractivity contribution < 1.29 is 14.3 Å². The number of ether oxygens (including phenoxy) is 1. The van der Waals surface area contributed by atoms with Crippen LogP contribution in [-0.2, 0) is 14.3 Å². The van der Waals surface area contributed by atoms with Crippen LogP contribution in [0.25, 0.3) is 0 Å². The van der Waals surface area contributed by atoms with Crippen molar-refractivity contribution in [3.63, 3.8) is 0 Å². The van der Waals surface area contributed by atoms with Gasteiger partial charge in [0.25, 0.3) is 5.24 Å². The smallest absolute Gasteiger partial charge is 0.306 e. The first kappa shape index (κ1) is 23.2. The molecule has 0 bridgehead atoms. The molecule has 150 valence electrons. The second-order valence-corrected chi connectivity index (χ2v) is 8.44. The Bertz CT molecular complexity index is 443. The van der Waals surface area contributed by atoms with Crippen LogP contribution in [0.1, 0.15) is 104 Å². The maximum absolute atomic E-state index is 11.7. The fourth-order valence-electron chi connectivity index (χ4n) is 3.40. The van der Waals surface area contributed by atoms with E-state index in [9.17, 15) is 9.59 Å². The normalized spacial score (nSPS) is 16.8. The maximum Gasteiger partial charge on any atom is 0.306 e. The van der Waals surface area contributed by atoms with E-state index in [1.54, 1.807) is 0 Å². The zero-order valence-electron chi connectivity index (χ0n) is 16.7. The highest BCUT2D eigenvalue weighted by molar-refractivity contribution is 6.65. The Kier molecular flexibility index (Phi) is 11.9. The van der Waals surface area contributed by atoms with E-state index >= 15 is 0 Å². The molecule has 0 aromatic heterocycles. The molecule has 0 saturated carbocycles. The summed E-state index contributed by atoms with van der Waals surface area (Å²) in [7, 11) is 0. The average molecular weight is 385 g/mol. The van der Waals surface area contributed by atoms with E-state index in [4.69, 9.17) is 16.3 Å². The first-order valence-corrected chi connectivity index (χ1v) is 10.9. The minimum absolute atomic E-state index is 0.336. The highest BCUT2D eigenvalue weighted by Gasteiger charge is 2.29. The summed E-state index contributed by atoms with van der Waals surface area (Å²) in [5.74, 6) is 0.533. The number of rotatable bonds is 15. The summed E-state index contributed by atoms with van der Waals surface area (Å²) in [5.41, 5.74) is -1.22. The lowest BCUT2D eigenvalue weighted by atomic mass is 9.99. The van der Waals surface area contributed by atoms with Crippen LogP contribution in [0.5, 0.6) is 0 Å². The molecule has 0 aromatic carbocycles.